The molecule has 0 aliphatic carbocycles. The number of nitrogens with zero attached hydrogens (tertiary/aromatic N) is 1. The summed E-state index contributed by atoms with van der Waals surface area (Å²) in [6.07, 6.45) is 0.360. The van der Waals surface area contributed by atoms with Crippen LogP contribution in [0.2, 0.25) is 0 Å². The molecule has 0 saturated carbocycles. The van der Waals surface area contributed by atoms with Gasteiger partial charge in [0.2, 0.25) is 0 Å². The SMILES string of the molecule is CCN(C(=O)COC(=O)c1cc(NC(=O)c2cccs2)c(OC)c(OC)c1)C1CCS(=O)(=O)C1. The molecule has 1 N–H and O–H groups in total. The summed E-state index contributed by atoms with van der Waals surface area (Å²) >= 11 is 1.25. The van der Waals surface area contributed by atoms with Crippen LogP contribution in [0, 0.1) is 0 Å². The number of carbonyl (C=O) groups is 3. The highest BCUT2D eigenvalue weighted by Gasteiger charge is 2.34. The third kappa shape index (κ3) is 5.86. The van der Waals surface area contributed by atoms with Crippen LogP contribution in [0.3, 0.4) is 0 Å². The highest BCUT2D eigenvalue weighted by Crippen LogP contribution is 2.37. The lowest BCUT2D eigenvalue weighted by molar-refractivity contribution is -0.136. The van der Waals surface area contributed by atoms with Crippen LogP contribution in [0.1, 0.15) is 33.4 Å². The maximum absolute atomic E-state index is 12.7. The average molecular weight is 511 g/mol. The van der Waals surface area contributed by atoms with E-state index in [1.54, 1.807) is 24.4 Å². The van der Waals surface area contributed by atoms with Gasteiger partial charge in [-0.2, -0.15) is 0 Å². The summed E-state index contributed by atoms with van der Waals surface area (Å²) in [6, 6.07) is 5.72. The number of hydrogen-bond donors (Lipinski definition) is 1. The van der Waals surface area contributed by atoms with E-state index in [2.05, 4.69) is 5.32 Å². The molecule has 34 heavy (non-hydrogen) atoms. The molecule has 1 aliphatic heterocycles. The van der Waals surface area contributed by atoms with Crippen molar-refractivity contribution >= 4 is 44.6 Å². The molecule has 2 aromatic rings. The van der Waals surface area contributed by atoms with Crippen molar-refractivity contribution in [3.8, 4) is 11.5 Å². The number of amides is 2. The van der Waals surface area contributed by atoms with Crippen LogP contribution in [0.25, 0.3) is 0 Å². The number of likely N-dealkylation sites (N-methyl/N-ethyl adjacent to an activating group) is 1. The van der Waals surface area contributed by atoms with E-state index in [-0.39, 0.29) is 40.2 Å². The summed E-state index contributed by atoms with van der Waals surface area (Å²) < 4.78 is 39.4. The monoisotopic (exact) mass is 510 g/mol. The number of rotatable bonds is 9. The summed E-state index contributed by atoms with van der Waals surface area (Å²) in [7, 11) is -0.379. The fourth-order valence-electron chi connectivity index (χ4n) is 3.72. The van der Waals surface area contributed by atoms with Gasteiger partial charge in [0.15, 0.2) is 27.9 Å². The lowest BCUT2D eigenvalue weighted by Crippen LogP contribution is -2.43. The summed E-state index contributed by atoms with van der Waals surface area (Å²) in [5.74, 6) is -1.33. The van der Waals surface area contributed by atoms with Crippen LogP contribution < -0.4 is 14.8 Å². The standard InChI is InChI=1S/C22H26N2O8S2/c1-4-24(15-7-9-34(28,29)13-15)19(25)12-32-22(27)14-10-16(20(31-3)17(11-14)30-2)23-21(26)18-6-5-8-33-18/h5-6,8,10-11,15H,4,7,9,12-13H2,1-3H3,(H,23,26). The molecule has 0 spiro atoms. The van der Waals surface area contributed by atoms with E-state index in [0.29, 0.717) is 17.8 Å². The van der Waals surface area contributed by atoms with E-state index < -0.39 is 34.4 Å². The summed E-state index contributed by atoms with van der Waals surface area (Å²) in [5, 5.41) is 4.46. The second kappa shape index (κ2) is 10.9. The van der Waals surface area contributed by atoms with Crippen LogP contribution in [0.15, 0.2) is 29.6 Å². The molecule has 1 aromatic carbocycles. The molecule has 10 nitrogen and oxygen atoms in total. The lowest BCUT2D eigenvalue weighted by Gasteiger charge is -2.26. The zero-order chi connectivity index (χ0) is 24.9. The van der Waals surface area contributed by atoms with Gasteiger partial charge in [-0.15, -0.1) is 11.3 Å². The Bertz CT molecular complexity index is 1160. The molecule has 12 heteroatoms. The van der Waals surface area contributed by atoms with Gasteiger partial charge in [0, 0.05) is 12.6 Å². The van der Waals surface area contributed by atoms with Gasteiger partial charge in [0.1, 0.15) is 0 Å². The normalized spacial score (nSPS) is 16.5. The Morgan fingerprint density at radius 2 is 1.97 bits per heavy atom. The molecule has 1 aliphatic rings. The molecule has 2 heterocycles. The van der Waals surface area contributed by atoms with E-state index in [1.807, 2.05) is 0 Å². The third-order valence-corrected chi connectivity index (χ3v) is 7.96. The van der Waals surface area contributed by atoms with Crippen molar-refractivity contribution in [3.63, 3.8) is 0 Å². The average Bonchev–Trinajstić information content (AvgIpc) is 3.47. The topological polar surface area (TPSA) is 128 Å². The highest BCUT2D eigenvalue weighted by atomic mass is 32.2. The van der Waals surface area contributed by atoms with Crippen LogP contribution in [-0.2, 0) is 19.4 Å². The van der Waals surface area contributed by atoms with Gasteiger partial charge in [-0.1, -0.05) is 6.07 Å². The minimum Gasteiger partial charge on any atom is -0.493 e. The Hall–Kier alpha value is -3.12. The number of anilines is 1. The maximum Gasteiger partial charge on any atom is 0.338 e. The van der Waals surface area contributed by atoms with Crippen molar-refractivity contribution in [2.75, 3.05) is 44.2 Å². The van der Waals surface area contributed by atoms with Crippen molar-refractivity contribution in [3.05, 3.63) is 40.1 Å². The fourth-order valence-corrected chi connectivity index (χ4v) is 6.07. The number of nitrogens with one attached hydrogen (secondary N) is 1. The molecule has 3 rings (SSSR count). The van der Waals surface area contributed by atoms with Crippen molar-refractivity contribution in [1.82, 2.24) is 4.90 Å². The van der Waals surface area contributed by atoms with Gasteiger partial charge in [-0.3, -0.25) is 9.59 Å². The minimum atomic E-state index is -3.16. The predicted molar refractivity (Wildman–Crippen MR) is 127 cm³/mol. The van der Waals surface area contributed by atoms with Crippen LogP contribution >= 0.6 is 11.3 Å². The third-order valence-electron chi connectivity index (χ3n) is 5.34. The first kappa shape index (κ1) is 25.5. The Kier molecular flexibility index (Phi) is 8.15. The Balaban J connectivity index is 1.74. The smallest absolute Gasteiger partial charge is 0.338 e. The zero-order valence-corrected chi connectivity index (χ0v) is 20.7. The van der Waals surface area contributed by atoms with E-state index >= 15 is 0 Å². The molecule has 0 radical (unpaired) electrons. The van der Waals surface area contributed by atoms with Gasteiger partial charge >= 0.3 is 5.97 Å². The van der Waals surface area contributed by atoms with E-state index in [9.17, 15) is 22.8 Å². The second-order valence-corrected chi connectivity index (χ2v) is 10.7. The highest BCUT2D eigenvalue weighted by molar-refractivity contribution is 7.91. The Labute approximate surface area is 201 Å². The number of methoxy groups -OCH3 is 2. The van der Waals surface area contributed by atoms with Crippen molar-refractivity contribution in [1.29, 1.82) is 0 Å². The number of hydrogen-bond acceptors (Lipinski definition) is 9. The first-order chi connectivity index (χ1) is 16.2. The lowest BCUT2D eigenvalue weighted by atomic mass is 10.1. The molecule has 0 bridgehead atoms. The number of benzene rings is 1. The van der Waals surface area contributed by atoms with Crippen LogP contribution in [0.5, 0.6) is 11.5 Å². The largest absolute Gasteiger partial charge is 0.493 e. The summed E-state index contributed by atoms with van der Waals surface area (Å²) in [5.41, 5.74) is 0.239. The molecule has 1 aromatic heterocycles. The van der Waals surface area contributed by atoms with Crippen LogP contribution in [-0.4, -0.2) is 76.0 Å². The number of esters is 1. The summed E-state index contributed by atoms with van der Waals surface area (Å²) in [6.45, 7) is 1.49. The number of thiophene rings is 1. The Morgan fingerprint density at radius 3 is 2.53 bits per heavy atom. The van der Waals surface area contributed by atoms with Gasteiger partial charge in [-0.25, -0.2) is 13.2 Å². The molecule has 184 valence electrons. The molecule has 1 fully saturated rings. The first-order valence-corrected chi connectivity index (χ1v) is 13.2. The number of sulfone groups is 1. The maximum atomic E-state index is 12.7. The number of carbonyl (C=O) groups excluding carboxylic acids is 3. The zero-order valence-electron chi connectivity index (χ0n) is 19.0. The van der Waals surface area contributed by atoms with Gasteiger partial charge in [-0.05, 0) is 36.9 Å². The van der Waals surface area contributed by atoms with Gasteiger partial charge in [0.25, 0.3) is 11.8 Å². The predicted octanol–water partition coefficient (Wildman–Crippen LogP) is 2.21. The molecule has 1 saturated heterocycles. The van der Waals surface area contributed by atoms with Crippen LogP contribution in [0.4, 0.5) is 5.69 Å². The van der Waals surface area contributed by atoms with E-state index in [4.69, 9.17) is 14.2 Å². The van der Waals surface area contributed by atoms with Gasteiger partial charge < -0.3 is 24.4 Å². The second-order valence-electron chi connectivity index (χ2n) is 7.50. The van der Waals surface area contributed by atoms with Crippen molar-refractivity contribution < 1.29 is 37.0 Å². The molecule has 1 atom stereocenters. The van der Waals surface area contributed by atoms with E-state index in [1.165, 1.54) is 42.6 Å². The van der Waals surface area contributed by atoms with E-state index in [0.717, 1.165) is 0 Å². The molecular formula is C22H26N2O8S2. The minimum absolute atomic E-state index is 0.0346. The molecule has 2 amide bonds. The number of ether oxygens (including phenoxy) is 3. The summed E-state index contributed by atoms with van der Waals surface area (Å²) in [4.78, 5) is 39.7. The Morgan fingerprint density at radius 1 is 1.21 bits per heavy atom. The van der Waals surface area contributed by atoms with Gasteiger partial charge in [0.05, 0.1) is 41.9 Å². The van der Waals surface area contributed by atoms with Crippen molar-refractivity contribution in [2.24, 2.45) is 0 Å². The molecule has 1 unspecified atom stereocenters. The molecular weight excluding hydrogens is 484 g/mol. The first-order valence-electron chi connectivity index (χ1n) is 10.5. The van der Waals surface area contributed by atoms with Crippen molar-refractivity contribution in [2.45, 2.75) is 19.4 Å². The fraction of sp³-hybridized carbons (Fsp3) is 0.409. The quantitative estimate of drug-likeness (QED) is 0.509.